The van der Waals surface area contributed by atoms with Gasteiger partial charge in [0, 0.05) is 19.0 Å². The quantitative estimate of drug-likeness (QED) is 0.913. The topological polar surface area (TPSA) is 43.8 Å². The van der Waals surface area contributed by atoms with E-state index in [1.54, 1.807) is 16.7 Å². The Morgan fingerprint density at radius 1 is 1.47 bits per heavy atom. The molecule has 0 aliphatic heterocycles. The summed E-state index contributed by atoms with van der Waals surface area (Å²) in [4.78, 5) is 4.39. The van der Waals surface area contributed by atoms with E-state index >= 15 is 0 Å². The van der Waals surface area contributed by atoms with Crippen LogP contribution in [0, 0.1) is 5.82 Å². The lowest BCUT2D eigenvalue weighted by Gasteiger charge is -1.99. The van der Waals surface area contributed by atoms with Gasteiger partial charge in [-0.1, -0.05) is 23.7 Å². The van der Waals surface area contributed by atoms with Gasteiger partial charge in [0.25, 0.3) is 0 Å². The van der Waals surface area contributed by atoms with E-state index in [0.29, 0.717) is 29.4 Å². The van der Waals surface area contributed by atoms with Crippen LogP contribution < -0.4 is 5.73 Å². The molecule has 0 saturated carbocycles. The Kier molecular flexibility index (Phi) is 3.45. The highest BCUT2D eigenvalue weighted by molar-refractivity contribution is 6.32. The molecular formula is C12H13ClFN3. The van der Waals surface area contributed by atoms with Crippen LogP contribution in [0.25, 0.3) is 11.3 Å². The van der Waals surface area contributed by atoms with Crippen molar-refractivity contribution in [1.29, 1.82) is 0 Å². The molecule has 90 valence electrons. The van der Waals surface area contributed by atoms with E-state index in [0.717, 1.165) is 5.82 Å². The number of hydrogen-bond donors (Lipinski definition) is 1. The molecule has 0 aliphatic rings. The zero-order valence-corrected chi connectivity index (χ0v) is 10.2. The Hall–Kier alpha value is -1.39. The smallest absolute Gasteiger partial charge is 0.136 e. The van der Waals surface area contributed by atoms with Crippen LogP contribution in [-0.2, 0) is 13.5 Å². The van der Waals surface area contributed by atoms with Gasteiger partial charge in [0.1, 0.15) is 22.5 Å². The van der Waals surface area contributed by atoms with Crippen LogP contribution in [0.3, 0.4) is 0 Å². The van der Waals surface area contributed by atoms with Crippen LogP contribution >= 0.6 is 11.6 Å². The summed E-state index contributed by atoms with van der Waals surface area (Å²) in [7, 11) is 1.82. The van der Waals surface area contributed by atoms with Crippen molar-refractivity contribution in [1.82, 2.24) is 9.55 Å². The average Bonchev–Trinajstić information content (AvgIpc) is 2.58. The summed E-state index contributed by atoms with van der Waals surface area (Å²) >= 11 is 6.17. The SMILES string of the molecule is Cn1c(CCN)nc(-c2cccc(F)c2)c1Cl. The average molecular weight is 254 g/mol. The Morgan fingerprint density at radius 2 is 2.24 bits per heavy atom. The van der Waals surface area contributed by atoms with Gasteiger partial charge in [0.05, 0.1) is 0 Å². The summed E-state index contributed by atoms with van der Waals surface area (Å²) in [5.74, 6) is 0.501. The van der Waals surface area contributed by atoms with Crippen LogP contribution in [0.1, 0.15) is 5.82 Å². The third-order valence-corrected chi connectivity index (χ3v) is 3.02. The lowest BCUT2D eigenvalue weighted by molar-refractivity contribution is 0.628. The Balaban J connectivity index is 2.49. The third-order valence-electron chi connectivity index (χ3n) is 2.58. The van der Waals surface area contributed by atoms with Gasteiger partial charge >= 0.3 is 0 Å². The molecule has 1 heterocycles. The van der Waals surface area contributed by atoms with E-state index in [4.69, 9.17) is 17.3 Å². The summed E-state index contributed by atoms with van der Waals surface area (Å²) in [6.45, 7) is 0.504. The van der Waals surface area contributed by atoms with Gasteiger partial charge in [-0.15, -0.1) is 0 Å². The summed E-state index contributed by atoms with van der Waals surface area (Å²) in [5, 5.41) is 0.499. The molecule has 2 aromatic rings. The van der Waals surface area contributed by atoms with Crippen LogP contribution in [0.5, 0.6) is 0 Å². The van der Waals surface area contributed by atoms with Crippen molar-refractivity contribution in [3.8, 4) is 11.3 Å². The minimum atomic E-state index is -0.301. The molecule has 0 atom stereocenters. The molecule has 2 rings (SSSR count). The van der Waals surface area contributed by atoms with E-state index in [-0.39, 0.29) is 5.82 Å². The summed E-state index contributed by atoms with van der Waals surface area (Å²) in [5.41, 5.74) is 6.76. The van der Waals surface area contributed by atoms with E-state index in [1.807, 2.05) is 7.05 Å². The summed E-state index contributed by atoms with van der Waals surface area (Å²) in [6.07, 6.45) is 0.644. The zero-order chi connectivity index (χ0) is 12.4. The first-order valence-electron chi connectivity index (χ1n) is 5.30. The first kappa shape index (κ1) is 12.1. The van der Waals surface area contributed by atoms with Crippen molar-refractivity contribution in [2.45, 2.75) is 6.42 Å². The van der Waals surface area contributed by atoms with Crippen molar-refractivity contribution < 1.29 is 4.39 Å². The maximum absolute atomic E-state index is 13.1. The molecule has 1 aromatic carbocycles. The third kappa shape index (κ3) is 2.33. The highest BCUT2D eigenvalue weighted by Crippen LogP contribution is 2.28. The number of halogens is 2. The molecule has 0 fully saturated rings. The van der Waals surface area contributed by atoms with Gasteiger partial charge in [0.15, 0.2) is 0 Å². The number of nitrogens with zero attached hydrogens (tertiary/aromatic N) is 2. The number of imidazole rings is 1. The second-order valence-electron chi connectivity index (χ2n) is 3.78. The van der Waals surface area contributed by atoms with Gasteiger partial charge in [0.2, 0.25) is 0 Å². The van der Waals surface area contributed by atoms with Crippen molar-refractivity contribution in [3.63, 3.8) is 0 Å². The molecule has 3 nitrogen and oxygen atoms in total. The predicted molar refractivity (Wildman–Crippen MR) is 66.4 cm³/mol. The Morgan fingerprint density at radius 3 is 2.88 bits per heavy atom. The lowest BCUT2D eigenvalue weighted by atomic mass is 10.2. The van der Waals surface area contributed by atoms with Gasteiger partial charge in [-0.3, -0.25) is 0 Å². The monoisotopic (exact) mass is 253 g/mol. The first-order chi connectivity index (χ1) is 8.13. The van der Waals surface area contributed by atoms with Crippen LogP contribution in [0.15, 0.2) is 24.3 Å². The van der Waals surface area contributed by atoms with E-state index in [2.05, 4.69) is 4.98 Å². The second-order valence-corrected chi connectivity index (χ2v) is 4.13. The van der Waals surface area contributed by atoms with Gasteiger partial charge in [-0.2, -0.15) is 0 Å². The molecule has 0 bridgehead atoms. The van der Waals surface area contributed by atoms with Gasteiger partial charge < -0.3 is 10.3 Å². The van der Waals surface area contributed by atoms with E-state index in [9.17, 15) is 4.39 Å². The molecule has 0 spiro atoms. The summed E-state index contributed by atoms with van der Waals surface area (Å²) in [6, 6.07) is 6.23. The molecule has 0 amide bonds. The molecule has 0 saturated heterocycles. The number of benzene rings is 1. The van der Waals surface area contributed by atoms with Gasteiger partial charge in [-0.05, 0) is 18.7 Å². The maximum atomic E-state index is 13.1. The number of aromatic nitrogens is 2. The molecule has 0 aliphatic carbocycles. The van der Waals surface area contributed by atoms with Crippen LogP contribution in [-0.4, -0.2) is 16.1 Å². The lowest BCUT2D eigenvalue weighted by Crippen LogP contribution is -2.07. The van der Waals surface area contributed by atoms with E-state index < -0.39 is 0 Å². The van der Waals surface area contributed by atoms with Crippen molar-refractivity contribution in [3.05, 3.63) is 41.1 Å². The zero-order valence-electron chi connectivity index (χ0n) is 9.45. The van der Waals surface area contributed by atoms with Crippen molar-refractivity contribution >= 4 is 11.6 Å². The fourth-order valence-electron chi connectivity index (χ4n) is 1.69. The van der Waals surface area contributed by atoms with Crippen molar-refractivity contribution in [2.24, 2.45) is 12.8 Å². The molecule has 1 aromatic heterocycles. The molecule has 0 unspecified atom stereocenters. The predicted octanol–water partition coefficient (Wildman–Crippen LogP) is 2.38. The molecule has 17 heavy (non-hydrogen) atoms. The minimum absolute atomic E-state index is 0.301. The fraction of sp³-hybridized carbons (Fsp3) is 0.250. The van der Waals surface area contributed by atoms with E-state index in [1.165, 1.54) is 12.1 Å². The Bertz CT molecular complexity index is 537. The normalized spacial score (nSPS) is 10.8. The van der Waals surface area contributed by atoms with Gasteiger partial charge in [-0.25, -0.2) is 9.37 Å². The fourth-order valence-corrected chi connectivity index (χ4v) is 1.94. The minimum Gasteiger partial charge on any atom is -0.330 e. The molecule has 5 heteroatoms. The first-order valence-corrected chi connectivity index (χ1v) is 5.68. The largest absolute Gasteiger partial charge is 0.330 e. The molecular weight excluding hydrogens is 241 g/mol. The molecule has 2 N–H and O–H groups in total. The van der Waals surface area contributed by atoms with Crippen LogP contribution in [0.2, 0.25) is 5.15 Å². The maximum Gasteiger partial charge on any atom is 0.136 e. The number of hydrogen-bond acceptors (Lipinski definition) is 2. The standard InChI is InChI=1S/C12H13ClFN3/c1-17-10(5-6-15)16-11(12(17)13)8-3-2-4-9(14)7-8/h2-4,7H,5-6,15H2,1H3. The Labute approximate surface area is 104 Å². The highest BCUT2D eigenvalue weighted by Gasteiger charge is 2.14. The molecule has 0 radical (unpaired) electrons. The number of rotatable bonds is 3. The van der Waals surface area contributed by atoms with Crippen LogP contribution in [0.4, 0.5) is 4.39 Å². The number of nitrogens with two attached hydrogens (primary N) is 1. The summed E-state index contributed by atoms with van der Waals surface area (Å²) < 4.78 is 14.9. The second kappa shape index (κ2) is 4.85. The highest BCUT2D eigenvalue weighted by atomic mass is 35.5. The van der Waals surface area contributed by atoms with Crippen molar-refractivity contribution in [2.75, 3.05) is 6.54 Å².